The fourth-order valence-corrected chi connectivity index (χ4v) is 1.18. The van der Waals surface area contributed by atoms with Gasteiger partial charge in [-0.2, -0.15) is 0 Å². The Morgan fingerprint density at radius 2 is 1.73 bits per heavy atom. The fourth-order valence-electron chi connectivity index (χ4n) is 1.18. The largest absolute Gasteiger partial charge is 0.358 e. The highest BCUT2D eigenvalue weighted by molar-refractivity contribution is 5.44. The SMILES string of the molecule is CC(C)C(C)OCN(C)c1ccccc1. The maximum Gasteiger partial charge on any atom is 0.119 e. The molecule has 0 aliphatic heterocycles. The lowest BCUT2D eigenvalue weighted by Gasteiger charge is -2.23. The number of anilines is 1. The van der Waals surface area contributed by atoms with Crippen molar-refractivity contribution >= 4 is 5.69 Å². The highest BCUT2D eigenvalue weighted by Gasteiger charge is 2.08. The van der Waals surface area contributed by atoms with Gasteiger partial charge >= 0.3 is 0 Å². The molecule has 1 unspecified atom stereocenters. The number of nitrogens with zero attached hydrogens (tertiary/aromatic N) is 1. The average Bonchev–Trinajstić information content (AvgIpc) is 2.26. The molecule has 84 valence electrons. The molecule has 0 heterocycles. The average molecular weight is 207 g/mol. The Morgan fingerprint density at radius 1 is 1.13 bits per heavy atom. The molecule has 0 saturated heterocycles. The summed E-state index contributed by atoms with van der Waals surface area (Å²) in [6.45, 7) is 7.10. The number of hydrogen-bond donors (Lipinski definition) is 0. The van der Waals surface area contributed by atoms with E-state index in [0.29, 0.717) is 18.8 Å². The Balaban J connectivity index is 2.40. The van der Waals surface area contributed by atoms with E-state index in [1.807, 2.05) is 25.2 Å². The first kappa shape index (κ1) is 12.1. The van der Waals surface area contributed by atoms with E-state index in [1.165, 1.54) is 5.69 Å². The third kappa shape index (κ3) is 3.92. The molecule has 0 saturated carbocycles. The molecule has 0 aromatic heterocycles. The number of benzene rings is 1. The van der Waals surface area contributed by atoms with Crippen molar-refractivity contribution in [3.05, 3.63) is 30.3 Å². The van der Waals surface area contributed by atoms with Crippen molar-refractivity contribution in [1.29, 1.82) is 0 Å². The van der Waals surface area contributed by atoms with Gasteiger partial charge in [-0.25, -0.2) is 0 Å². The molecule has 1 atom stereocenters. The maximum absolute atomic E-state index is 5.75. The Kier molecular flexibility index (Phi) is 4.63. The Bertz CT molecular complexity index is 271. The van der Waals surface area contributed by atoms with Gasteiger partial charge in [0, 0.05) is 12.7 Å². The van der Waals surface area contributed by atoms with Gasteiger partial charge in [0.05, 0.1) is 6.10 Å². The molecule has 15 heavy (non-hydrogen) atoms. The fraction of sp³-hybridized carbons (Fsp3) is 0.538. The number of ether oxygens (including phenoxy) is 1. The quantitative estimate of drug-likeness (QED) is 0.688. The van der Waals surface area contributed by atoms with E-state index < -0.39 is 0 Å². The zero-order chi connectivity index (χ0) is 11.3. The molecule has 0 N–H and O–H groups in total. The first-order valence-corrected chi connectivity index (χ1v) is 5.49. The van der Waals surface area contributed by atoms with Crippen LogP contribution < -0.4 is 4.90 Å². The standard InChI is InChI=1S/C13H21NO/c1-11(2)12(3)15-10-14(4)13-8-6-5-7-9-13/h5-9,11-12H,10H2,1-4H3. The summed E-state index contributed by atoms with van der Waals surface area (Å²) in [5, 5.41) is 0. The molecular weight excluding hydrogens is 186 g/mol. The smallest absolute Gasteiger partial charge is 0.119 e. The summed E-state index contributed by atoms with van der Waals surface area (Å²) >= 11 is 0. The van der Waals surface area contributed by atoms with E-state index in [0.717, 1.165) is 0 Å². The third-order valence-corrected chi connectivity index (χ3v) is 2.67. The molecule has 2 heteroatoms. The predicted molar refractivity (Wildman–Crippen MR) is 65.1 cm³/mol. The molecule has 0 aliphatic rings. The molecular formula is C13H21NO. The minimum atomic E-state index is 0.302. The summed E-state index contributed by atoms with van der Waals surface area (Å²) in [4.78, 5) is 2.11. The second kappa shape index (κ2) is 5.76. The summed E-state index contributed by atoms with van der Waals surface area (Å²) < 4.78 is 5.75. The molecule has 1 aromatic rings. The van der Waals surface area contributed by atoms with Crippen LogP contribution in [-0.2, 0) is 4.74 Å². The second-order valence-corrected chi connectivity index (χ2v) is 4.28. The highest BCUT2D eigenvalue weighted by atomic mass is 16.5. The van der Waals surface area contributed by atoms with E-state index in [1.54, 1.807) is 0 Å². The van der Waals surface area contributed by atoms with Crippen LogP contribution in [0.1, 0.15) is 20.8 Å². The molecule has 2 nitrogen and oxygen atoms in total. The maximum atomic E-state index is 5.75. The van der Waals surface area contributed by atoms with Crippen LogP contribution in [0.3, 0.4) is 0 Å². The summed E-state index contributed by atoms with van der Waals surface area (Å²) in [5.74, 6) is 0.564. The van der Waals surface area contributed by atoms with E-state index >= 15 is 0 Å². The van der Waals surface area contributed by atoms with Gasteiger partial charge in [0.25, 0.3) is 0 Å². The zero-order valence-corrected chi connectivity index (χ0v) is 10.1. The monoisotopic (exact) mass is 207 g/mol. The Labute approximate surface area is 92.9 Å². The van der Waals surface area contributed by atoms with E-state index in [-0.39, 0.29) is 0 Å². The Hall–Kier alpha value is -1.02. The normalized spacial score (nSPS) is 12.9. The third-order valence-electron chi connectivity index (χ3n) is 2.67. The van der Waals surface area contributed by atoms with Crippen LogP contribution in [0.5, 0.6) is 0 Å². The van der Waals surface area contributed by atoms with Gasteiger partial charge in [0.1, 0.15) is 6.73 Å². The molecule has 0 amide bonds. The highest BCUT2D eigenvalue weighted by Crippen LogP contribution is 2.12. The molecule has 1 rings (SSSR count). The van der Waals surface area contributed by atoms with Crippen LogP contribution in [-0.4, -0.2) is 19.9 Å². The summed E-state index contributed by atoms with van der Waals surface area (Å²) in [6.07, 6.45) is 0.302. The van der Waals surface area contributed by atoms with Crippen molar-refractivity contribution in [3.8, 4) is 0 Å². The van der Waals surface area contributed by atoms with Gasteiger partial charge in [-0.15, -0.1) is 0 Å². The lowest BCUT2D eigenvalue weighted by molar-refractivity contribution is 0.0378. The molecule has 1 aromatic carbocycles. The van der Waals surface area contributed by atoms with Gasteiger partial charge < -0.3 is 9.64 Å². The van der Waals surface area contributed by atoms with Crippen LogP contribution >= 0.6 is 0 Å². The lowest BCUT2D eigenvalue weighted by Crippen LogP contribution is -2.26. The van der Waals surface area contributed by atoms with Crippen LogP contribution in [0.25, 0.3) is 0 Å². The lowest BCUT2D eigenvalue weighted by atomic mass is 10.1. The van der Waals surface area contributed by atoms with Crippen molar-refractivity contribution in [2.75, 3.05) is 18.7 Å². The van der Waals surface area contributed by atoms with Crippen LogP contribution in [0, 0.1) is 5.92 Å². The second-order valence-electron chi connectivity index (χ2n) is 4.28. The topological polar surface area (TPSA) is 12.5 Å². The molecule has 0 bridgehead atoms. The summed E-state index contributed by atoms with van der Waals surface area (Å²) in [7, 11) is 2.04. The van der Waals surface area contributed by atoms with E-state index in [9.17, 15) is 0 Å². The van der Waals surface area contributed by atoms with Gasteiger partial charge in [-0.3, -0.25) is 0 Å². The van der Waals surface area contributed by atoms with Crippen LogP contribution in [0.2, 0.25) is 0 Å². The van der Waals surface area contributed by atoms with E-state index in [4.69, 9.17) is 4.74 Å². The molecule has 0 spiro atoms. The van der Waals surface area contributed by atoms with Crippen molar-refractivity contribution in [3.63, 3.8) is 0 Å². The van der Waals surface area contributed by atoms with Gasteiger partial charge in [-0.05, 0) is 25.0 Å². The summed E-state index contributed by atoms with van der Waals surface area (Å²) in [6, 6.07) is 10.3. The predicted octanol–water partition coefficient (Wildman–Crippen LogP) is 3.14. The summed E-state index contributed by atoms with van der Waals surface area (Å²) in [5.41, 5.74) is 1.19. The van der Waals surface area contributed by atoms with Crippen molar-refractivity contribution in [2.45, 2.75) is 26.9 Å². The van der Waals surface area contributed by atoms with Gasteiger partial charge in [0.15, 0.2) is 0 Å². The van der Waals surface area contributed by atoms with Crippen LogP contribution in [0.15, 0.2) is 30.3 Å². The number of hydrogen-bond acceptors (Lipinski definition) is 2. The molecule has 0 aliphatic carbocycles. The minimum Gasteiger partial charge on any atom is -0.358 e. The van der Waals surface area contributed by atoms with Crippen molar-refractivity contribution < 1.29 is 4.74 Å². The molecule has 0 fully saturated rings. The Morgan fingerprint density at radius 3 is 2.27 bits per heavy atom. The van der Waals surface area contributed by atoms with Gasteiger partial charge in [0.2, 0.25) is 0 Å². The first-order chi connectivity index (χ1) is 7.11. The minimum absolute atomic E-state index is 0.302. The van der Waals surface area contributed by atoms with E-state index in [2.05, 4.69) is 37.8 Å². The van der Waals surface area contributed by atoms with Gasteiger partial charge in [-0.1, -0.05) is 32.0 Å². The molecule has 0 radical (unpaired) electrons. The van der Waals surface area contributed by atoms with Crippen LogP contribution in [0.4, 0.5) is 5.69 Å². The van der Waals surface area contributed by atoms with Crippen molar-refractivity contribution in [1.82, 2.24) is 0 Å². The zero-order valence-electron chi connectivity index (χ0n) is 10.1. The first-order valence-electron chi connectivity index (χ1n) is 5.49. The number of para-hydroxylation sites is 1. The van der Waals surface area contributed by atoms with Crippen molar-refractivity contribution in [2.24, 2.45) is 5.92 Å². The number of rotatable bonds is 5.